The SMILES string of the molecule is C#C.COc1ccc(-c2nc3c(C(=O)N4CCN(Cc5ccc(F)c(F)c5)CC4)cnn3c(C(F)(F)F)c2C)cc1. The molecular formula is C29H26F5N5O2. The van der Waals surface area contributed by atoms with Gasteiger partial charge in [0.1, 0.15) is 11.3 Å². The summed E-state index contributed by atoms with van der Waals surface area (Å²) in [5.74, 6) is -1.79. The molecule has 3 heterocycles. The van der Waals surface area contributed by atoms with Crippen LogP contribution in [0.3, 0.4) is 0 Å². The van der Waals surface area contributed by atoms with E-state index in [9.17, 15) is 26.7 Å². The van der Waals surface area contributed by atoms with Gasteiger partial charge in [-0.3, -0.25) is 9.69 Å². The number of halogens is 5. The van der Waals surface area contributed by atoms with Crippen LogP contribution in [-0.2, 0) is 12.7 Å². The van der Waals surface area contributed by atoms with Crippen LogP contribution in [0.15, 0.2) is 48.7 Å². The van der Waals surface area contributed by atoms with Gasteiger partial charge in [-0.05, 0) is 48.9 Å². The molecule has 0 aliphatic carbocycles. The van der Waals surface area contributed by atoms with Gasteiger partial charge in [-0.2, -0.15) is 18.3 Å². The second-order valence-electron chi connectivity index (χ2n) is 9.27. The van der Waals surface area contributed by atoms with Crippen molar-refractivity contribution in [1.82, 2.24) is 24.4 Å². The number of carbonyl (C=O) groups is 1. The predicted octanol–water partition coefficient (Wildman–Crippen LogP) is 5.22. The lowest BCUT2D eigenvalue weighted by Crippen LogP contribution is -2.48. The zero-order valence-electron chi connectivity index (χ0n) is 22.3. The molecule has 0 atom stereocenters. The molecule has 41 heavy (non-hydrogen) atoms. The molecule has 1 aliphatic rings. The van der Waals surface area contributed by atoms with Gasteiger partial charge in [-0.25, -0.2) is 18.3 Å². The highest BCUT2D eigenvalue weighted by atomic mass is 19.4. The number of alkyl halides is 3. The lowest BCUT2D eigenvalue weighted by Gasteiger charge is -2.34. The van der Waals surface area contributed by atoms with Crippen molar-refractivity contribution in [2.75, 3.05) is 33.3 Å². The zero-order valence-corrected chi connectivity index (χ0v) is 22.3. The Morgan fingerprint density at radius 3 is 2.24 bits per heavy atom. The van der Waals surface area contributed by atoms with Gasteiger partial charge in [0.05, 0.1) is 19.0 Å². The number of rotatable bonds is 5. The minimum Gasteiger partial charge on any atom is -0.497 e. The zero-order chi connectivity index (χ0) is 29.9. The number of benzene rings is 2. The molecule has 0 bridgehead atoms. The number of ether oxygens (including phenoxy) is 1. The van der Waals surface area contributed by atoms with Gasteiger partial charge >= 0.3 is 6.18 Å². The molecule has 0 radical (unpaired) electrons. The van der Waals surface area contributed by atoms with Gasteiger partial charge in [0.2, 0.25) is 0 Å². The summed E-state index contributed by atoms with van der Waals surface area (Å²) < 4.78 is 75.1. The third-order valence-electron chi connectivity index (χ3n) is 6.80. The summed E-state index contributed by atoms with van der Waals surface area (Å²) >= 11 is 0. The summed E-state index contributed by atoms with van der Waals surface area (Å²) in [6.07, 6.45) is 4.37. The number of methoxy groups -OCH3 is 1. The lowest BCUT2D eigenvalue weighted by molar-refractivity contribution is -0.143. The highest BCUT2D eigenvalue weighted by Gasteiger charge is 2.39. The van der Waals surface area contributed by atoms with E-state index in [0.29, 0.717) is 54.1 Å². The van der Waals surface area contributed by atoms with Crippen LogP contribution in [0.5, 0.6) is 5.75 Å². The molecule has 4 aromatic rings. The topological polar surface area (TPSA) is 63.0 Å². The highest BCUT2D eigenvalue weighted by molar-refractivity contribution is 6.00. The van der Waals surface area contributed by atoms with Crippen LogP contribution in [-0.4, -0.2) is 63.6 Å². The third kappa shape index (κ3) is 6.00. The number of fused-ring (bicyclic) bond motifs is 1. The highest BCUT2D eigenvalue weighted by Crippen LogP contribution is 2.37. The monoisotopic (exact) mass is 571 g/mol. The van der Waals surface area contributed by atoms with E-state index in [2.05, 4.69) is 22.9 Å². The van der Waals surface area contributed by atoms with Crippen LogP contribution in [0.25, 0.3) is 16.9 Å². The molecule has 214 valence electrons. The van der Waals surface area contributed by atoms with Crippen molar-refractivity contribution in [1.29, 1.82) is 0 Å². The standard InChI is InChI=1S/C27H24F5N5O2.C2H2/c1-16-23(18-4-6-19(39-2)7-5-18)34-25-20(14-33-37(25)24(16)27(30,31)32)26(38)36-11-9-35(10-12-36)15-17-3-8-21(28)22(29)13-17;1-2/h3-8,13-14H,9-12,15H2,1-2H3;1-2H. The minimum atomic E-state index is -4.75. The normalized spacial score (nSPS) is 14.0. The fourth-order valence-electron chi connectivity index (χ4n) is 4.76. The fourth-order valence-corrected chi connectivity index (χ4v) is 4.76. The van der Waals surface area contributed by atoms with E-state index in [4.69, 9.17) is 4.74 Å². The number of nitrogens with zero attached hydrogens (tertiary/aromatic N) is 5. The summed E-state index contributed by atoms with van der Waals surface area (Å²) in [7, 11) is 1.49. The molecule has 0 saturated carbocycles. The average Bonchev–Trinajstić information content (AvgIpc) is 3.38. The Morgan fingerprint density at radius 1 is 1.00 bits per heavy atom. The molecule has 1 aliphatic heterocycles. The van der Waals surface area contributed by atoms with Gasteiger partial charge < -0.3 is 9.64 Å². The van der Waals surface area contributed by atoms with E-state index in [-0.39, 0.29) is 22.5 Å². The Labute approximate surface area is 233 Å². The van der Waals surface area contributed by atoms with E-state index in [1.54, 1.807) is 24.3 Å². The molecule has 1 amide bonds. The lowest BCUT2D eigenvalue weighted by atomic mass is 10.0. The van der Waals surface area contributed by atoms with Gasteiger partial charge in [0.25, 0.3) is 5.91 Å². The Bertz CT molecular complexity index is 1570. The number of terminal acetylenes is 1. The maximum absolute atomic E-state index is 14.2. The van der Waals surface area contributed by atoms with Crippen LogP contribution in [0, 0.1) is 31.4 Å². The molecule has 0 spiro atoms. The number of hydrogen-bond acceptors (Lipinski definition) is 5. The first-order valence-corrected chi connectivity index (χ1v) is 12.5. The summed E-state index contributed by atoms with van der Waals surface area (Å²) in [5.41, 5.74) is -0.226. The van der Waals surface area contributed by atoms with Crippen molar-refractivity contribution >= 4 is 11.6 Å². The van der Waals surface area contributed by atoms with Crippen LogP contribution in [0.2, 0.25) is 0 Å². The summed E-state index contributed by atoms with van der Waals surface area (Å²) in [5, 5.41) is 3.90. The van der Waals surface area contributed by atoms with Crippen LogP contribution in [0.4, 0.5) is 22.0 Å². The first-order valence-electron chi connectivity index (χ1n) is 12.5. The summed E-state index contributed by atoms with van der Waals surface area (Å²) in [6, 6.07) is 10.2. The molecular weight excluding hydrogens is 545 g/mol. The van der Waals surface area contributed by atoms with Crippen molar-refractivity contribution in [2.24, 2.45) is 0 Å². The second kappa shape index (κ2) is 11.9. The summed E-state index contributed by atoms with van der Waals surface area (Å²) in [6.45, 7) is 3.18. The van der Waals surface area contributed by atoms with E-state index in [1.165, 1.54) is 25.0 Å². The molecule has 5 rings (SSSR count). The van der Waals surface area contributed by atoms with Gasteiger partial charge in [-0.1, -0.05) is 6.07 Å². The molecule has 7 nitrogen and oxygen atoms in total. The number of carbonyl (C=O) groups excluding carboxylic acids is 1. The van der Waals surface area contributed by atoms with Crippen molar-refractivity contribution in [3.05, 3.63) is 82.7 Å². The minimum absolute atomic E-state index is 0.0377. The second-order valence-corrected chi connectivity index (χ2v) is 9.27. The molecule has 2 aromatic carbocycles. The fraction of sp³-hybridized carbons (Fsp3) is 0.276. The molecule has 12 heteroatoms. The first kappa shape index (κ1) is 29.5. The molecule has 0 unspecified atom stereocenters. The van der Waals surface area contributed by atoms with Gasteiger partial charge in [-0.15, -0.1) is 12.8 Å². The van der Waals surface area contributed by atoms with E-state index >= 15 is 0 Å². The van der Waals surface area contributed by atoms with Crippen LogP contribution < -0.4 is 4.74 Å². The van der Waals surface area contributed by atoms with Gasteiger partial charge in [0, 0.05) is 43.9 Å². The molecule has 0 N–H and O–H groups in total. The predicted molar refractivity (Wildman–Crippen MR) is 142 cm³/mol. The Morgan fingerprint density at radius 2 is 1.66 bits per heavy atom. The van der Waals surface area contributed by atoms with Crippen molar-refractivity contribution < 1.29 is 31.5 Å². The number of piperazine rings is 1. The van der Waals surface area contributed by atoms with Crippen molar-refractivity contribution in [3.8, 4) is 29.9 Å². The molecule has 2 aromatic heterocycles. The van der Waals surface area contributed by atoms with E-state index < -0.39 is 29.4 Å². The maximum Gasteiger partial charge on any atom is 0.433 e. The molecule has 1 fully saturated rings. The maximum atomic E-state index is 14.2. The number of amides is 1. The van der Waals surface area contributed by atoms with Crippen molar-refractivity contribution in [2.45, 2.75) is 19.6 Å². The van der Waals surface area contributed by atoms with Crippen molar-refractivity contribution in [3.63, 3.8) is 0 Å². The molecule has 1 saturated heterocycles. The Kier molecular flexibility index (Phi) is 8.58. The largest absolute Gasteiger partial charge is 0.497 e. The Hall–Kier alpha value is -4.50. The third-order valence-corrected chi connectivity index (χ3v) is 6.80. The van der Waals surface area contributed by atoms with E-state index in [0.717, 1.165) is 18.3 Å². The van der Waals surface area contributed by atoms with Crippen LogP contribution >= 0.6 is 0 Å². The average molecular weight is 572 g/mol. The number of aromatic nitrogens is 3. The van der Waals surface area contributed by atoms with E-state index in [1.807, 2.05) is 4.90 Å². The smallest absolute Gasteiger partial charge is 0.433 e. The number of hydrogen-bond donors (Lipinski definition) is 0. The first-order chi connectivity index (χ1) is 19.6. The quantitative estimate of drug-likeness (QED) is 0.243. The summed E-state index contributed by atoms with van der Waals surface area (Å²) in [4.78, 5) is 21.4. The Balaban J connectivity index is 0.00000189. The van der Waals surface area contributed by atoms with Crippen LogP contribution in [0.1, 0.15) is 27.2 Å². The van der Waals surface area contributed by atoms with Gasteiger partial charge in [0.15, 0.2) is 23.0 Å².